The van der Waals surface area contributed by atoms with Crippen molar-refractivity contribution < 1.29 is 12.8 Å². The number of sulfonamides is 1. The van der Waals surface area contributed by atoms with Crippen molar-refractivity contribution in [1.29, 1.82) is 0 Å². The van der Waals surface area contributed by atoms with Crippen LogP contribution in [0.2, 0.25) is 0 Å². The normalized spacial score (nSPS) is 15.5. The Balaban J connectivity index is 1.50. The van der Waals surface area contributed by atoms with E-state index in [0.29, 0.717) is 31.0 Å². The number of fused-ring (bicyclic) bond motifs is 1. The van der Waals surface area contributed by atoms with Crippen LogP contribution in [0.4, 0.5) is 0 Å². The molecule has 1 aliphatic rings. The maximum absolute atomic E-state index is 13.1. The molecule has 1 fully saturated rings. The van der Waals surface area contributed by atoms with Crippen LogP contribution in [0.25, 0.3) is 21.8 Å². The Labute approximate surface area is 189 Å². The summed E-state index contributed by atoms with van der Waals surface area (Å²) in [5, 5.41) is 6.19. The van der Waals surface area contributed by atoms with Gasteiger partial charge in [0, 0.05) is 19.6 Å². The minimum absolute atomic E-state index is 0.129. The van der Waals surface area contributed by atoms with E-state index in [1.807, 2.05) is 29.0 Å². The largest absolute Gasteiger partial charge is 0.437 e. The summed E-state index contributed by atoms with van der Waals surface area (Å²) in [5.74, 6) is 0.332. The molecule has 0 N–H and O–H groups in total. The van der Waals surface area contributed by atoms with Crippen LogP contribution >= 0.6 is 11.3 Å². The third-order valence-corrected chi connectivity index (χ3v) is 8.45. The lowest BCUT2D eigenvalue weighted by molar-refractivity contribution is 0.346. The number of nitrogens with zero attached hydrogens (tertiary/aromatic N) is 5. The molecule has 4 heterocycles. The second-order valence-electron chi connectivity index (χ2n) is 7.70. The van der Waals surface area contributed by atoms with Crippen LogP contribution in [0.15, 0.2) is 49.8 Å². The molecule has 0 unspecified atom stereocenters. The predicted molar refractivity (Wildman–Crippen MR) is 121 cm³/mol. The Morgan fingerprint density at radius 2 is 1.97 bits per heavy atom. The molecular weight excluding hydrogens is 450 g/mol. The van der Waals surface area contributed by atoms with E-state index in [0.717, 1.165) is 29.7 Å². The topological polar surface area (TPSA) is 103 Å². The highest BCUT2D eigenvalue weighted by Gasteiger charge is 2.27. The number of hydrogen-bond donors (Lipinski definition) is 0. The van der Waals surface area contributed by atoms with Crippen molar-refractivity contribution in [2.75, 3.05) is 13.1 Å². The van der Waals surface area contributed by atoms with Gasteiger partial charge in [0.15, 0.2) is 0 Å². The maximum atomic E-state index is 13.1. The van der Waals surface area contributed by atoms with Crippen molar-refractivity contribution in [3.8, 4) is 10.8 Å². The molecule has 0 bridgehead atoms. The fraction of sp³-hybridized carbons (Fsp3) is 0.381. The summed E-state index contributed by atoms with van der Waals surface area (Å²) in [5.41, 5.74) is 1.39. The van der Waals surface area contributed by atoms with Crippen LogP contribution in [-0.2, 0) is 23.1 Å². The van der Waals surface area contributed by atoms with Crippen molar-refractivity contribution in [2.45, 2.75) is 44.2 Å². The zero-order chi connectivity index (χ0) is 22.3. The van der Waals surface area contributed by atoms with Gasteiger partial charge in [-0.15, -0.1) is 16.4 Å². The van der Waals surface area contributed by atoms with E-state index < -0.39 is 15.8 Å². The first-order valence-corrected chi connectivity index (χ1v) is 12.9. The summed E-state index contributed by atoms with van der Waals surface area (Å²) in [4.78, 5) is 18.0. The highest BCUT2D eigenvalue weighted by atomic mass is 32.2. The van der Waals surface area contributed by atoms with Crippen LogP contribution in [0, 0.1) is 0 Å². The first kappa shape index (κ1) is 21.1. The van der Waals surface area contributed by atoms with Gasteiger partial charge in [-0.1, -0.05) is 12.5 Å². The average Bonchev–Trinajstić information content (AvgIpc) is 3.53. The number of aromatic nitrogens is 4. The minimum atomic E-state index is -3.55. The Hall–Kier alpha value is -2.76. The van der Waals surface area contributed by atoms with Crippen LogP contribution < -0.4 is 5.76 Å². The van der Waals surface area contributed by atoms with Crippen LogP contribution in [-0.4, -0.2) is 45.1 Å². The lowest BCUT2D eigenvalue weighted by atomic mass is 10.2. The van der Waals surface area contributed by atoms with E-state index in [-0.39, 0.29) is 17.3 Å². The van der Waals surface area contributed by atoms with E-state index in [2.05, 4.69) is 10.1 Å². The number of rotatable bonds is 6. The van der Waals surface area contributed by atoms with Gasteiger partial charge in [-0.3, -0.25) is 0 Å². The molecule has 11 heteroatoms. The molecule has 3 aromatic heterocycles. The molecule has 9 nitrogen and oxygen atoms in total. The highest BCUT2D eigenvalue weighted by molar-refractivity contribution is 7.89. The summed E-state index contributed by atoms with van der Waals surface area (Å²) in [6.07, 6.45) is 2.83. The van der Waals surface area contributed by atoms with Gasteiger partial charge in [0.25, 0.3) is 5.89 Å². The molecule has 1 aromatic carbocycles. The second-order valence-corrected chi connectivity index (χ2v) is 10.6. The number of benzene rings is 1. The van der Waals surface area contributed by atoms with E-state index in [1.54, 1.807) is 22.5 Å². The highest BCUT2D eigenvalue weighted by Crippen LogP contribution is 2.26. The quantitative estimate of drug-likeness (QED) is 0.426. The van der Waals surface area contributed by atoms with Crippen molar-refractivity contribution in [2.24, 2.45) is 0 Å². The SMILES string of the molecule is CCn1c(Cn2nc(-c3cccs3)oc2=O)nc2cc(S(=O)(=O)N3CCCCC3)ccc21. The summed E-state index contributed by atoms with van der Waals surface area (Å²) < 4.78 is 36.2. The summed E-state index contributed by atoms with van der Waals surface area (Å²) in [6.45, 7) is 3.83. The Morgan fingerprint density at radius 1 is 1.16 bits per heavy atom. The number of piperidine rings is 1. The zero-order valence-electron chi connectivity index (χ0n) is 17.6. The Kier molecular flexibility index (Phi) is 5.48. The first-order chi connectivity index (χ1) is 15.5. The molecule has 5 rings (SSSR count). The van der Waals surface area contributed by atoms with E-state index in [9.17, 15) is 13.2 Å². The average molecular weight is 474 g/mol. The fourth-order valence-corrected chi connectivity index (χ4v) is 6.27. The number of imidazole rings is 1. The lowest BCUT2D eigenvalue weighted by Crippen LogP contribution is -2.35. The summed E-state index contributed by atoms with van der Waals surface area (Å²) in [6, 6.07) is 8.75. The van der Waals surface area contributed by atoms with Gasteiger partial charge in [-0.2, -0.15) is 8.99 Å². The van der Waals surface area contributed by atoms with Crippen LogP contribution in [0.1, 0.15) is 32.0 Å². The van der Waals surface area contributed by atoms with Gasteiger partial charge < -0.3 is 8.98 Å². The van der Waals surface area contributed by atoms with Crippen molar-refractivity contribution in [3.05, 3.63) is 52.1 Å². The molecule has 0 spiro atoms. The van der Waals surface area contributed by atoms with Gasteiger partial charge in [0.1, 0.15) is 12.4 Å². The standard InChI is InChI=1S/C21H23N5O4S2/c1-2-25-17-9-8-15(32(28,29)24-10-4-3-5-11-24)13-16(17)22-19(25)14-26-21(27)30-20(23-26)18-7-6-12-31-18/h6-9,12-13H,2-5,10-11,14H2,1H3. The van der Waals surface area contributed by atoms with Gasteiger partial charge in [-0.25, -0.2) is 18.2 Å². The third kappa shape index (κ3) is 3.70. The zero-order valence-corrected chi connectivity index (χ0v) is 19.2. The Morgan fingerprint density at radius 3 is 2.69 bits per heavy atom. The molecule has 0 amide bonds. The monoisotopic (exact) mass is 473 g/mol. The van der Waals surface area contributed by atoms with Crippen LogP contribution in [0.5, 0.6) is 0 Å². The molecule has 0 saturated carbocycles. The smallest absolute Gasteiger partial charge is 0.387 e. The maximum Gasteiger partial charge on any atom is 0.437 e. The van der Waals surface area contributed by atoms with Crippen molar-refractivity contribution in [3.63, 3.8) is 0 Å². The van der Waals surface area contributed by atoms with Gasteiger partial charge in [0.05, 0.1) is 20.8 Å². The predicted octanol–water partition coefficient (Wildman–Crippen LogP) is 3.16. The first-order valence-electron chi connectivity index (χ1n) is 10.6. The van der Waals surface area contributed by atoms with Crippen molar-refractivity contribution >= 4 is 32.4 Å². The molecule has 168 valence electrons. The summed E-state index contributed by atoms with van der Waals surface area (Å²) in [7, 11) is -3.55. The lowest BCUT2D eigenvalue weighted by Gasteiger charge is -2.25. The summed E-state index contributed by atoms with van der Waals surface area (Å²) >= 11 is 1.44. The molecule has 0 aliphatic carbocycles. The van der Waals surface area contributed by atoms with Crippen LogP contribution in [0.3, 0.4) is 0 Å². The molecule has 0 atom stereocenters. The van der Waals surface area contributed by atoms with E-state index >= 15 is 0 Å². The minimum Gasteiger partial charge on any atom is -0.387 e. The molecule has 1 saturated heterocycles. The second kappa shape index (κ2) is 8.30. The van der Waals surface area contributed by atoms with Gasteiger partial charge >= 0.3 is 5.76 Å². The number of thiophene rings is 1. The molecule has 32 heavy (non-hydrogen) atoms. The molecule has 1 aliphatic heterocycles. The van der Waals surface area contributed by atoms with Gasteiger partial charge in [-0.05, 0) is 49.4 Å². The van der Waals surface area contributed by atoms with Crippen molar-refractivity contribution in [1.82, 2.24) is 23.6 Å². The molecule has 4 aromatic rings. The third-order valence-electron chi connectivity index (χ3n) is 5.70. The van der Waals surface area contributed by atoms with Gasteiger partial charge in [0.2, 0.25) is 10.0 Å². The number of aryl methyl sites for hydroxylation is 1. The Bertz CT molecular complexity index is 1410. The fourth-order valence-electron chi connectivity index (χ4n) is 4.09. The van der Waals surface area contributed by atoms with E-state index in [4.69, 9.17) is 4.42 Å². The molecule has 0 radical (unpaired) electrons. The molecular formula is C21H23N5O4S2. The number of hydrogen-bond acceptors (Lipinski definition) is 7. The van der Waals surface area contributed by atoms with E-state index in [1.165, 1.54) is 16.0 Å².